The zero-order valence-corrected chi connectivity index (χ0v) is 14.5. The van der Waals surface area contributed by atoms with E-state index in [1.165, 1.54) is 13.0 Å². The molecule has 0 radical (unpaired) electrons. The second kappa shape index (κ2) is 6.48. The Morgan fingerprint density at radius 3 is 2.21 bits per heavy atom. The van der Waals surface area contributed by atoms with Crippen molar-refractivity contribution in [2.24, 2.45) is 0 Å². The summed E-state index contributed by atoms with van der Waals surface area (Å²) >= 11 is 0. The number of benzene rings is 2. The van der Waals surface area contributed by atoms with Gasteiger partial charge in [-0.3, -0.25) is 4.72 Å². The Morgan fingerprint density at radius 1 is 0.958 bits per heavy atom. The van der Waals surface area contributed by atoms with Crippen molar-refractivity contribution in [3.63, 3.8) is 0 Å². The van der Waals surface area contributed by atoms with Crippen molar-refractivity contribution >= 4 is 25.5 Å². The topological polar surface area (TPSA) is 80.3 Å². The molecule has 0 aliphatic rings. The summed E-state index contributed by atoms with van der Waals surface area (Å²) in [7, 11) is -8.26. The fraction of sp³-hybridized carbons (Fsp3) is 0.200. The maximum atomic E-state index is 13.9. The van der Waals surface area contributed by atoms with E-state index in [0.29, 0.717) is 5.56 Å². The average molecular weight is 375 g/mol. The summed E-state index contributed by atoms with van der Waals surface area (Å²) < 4.78 is 78.1. The molecule has 0 atom stereocenters. The van der Waals surface area contributed by atoms with Crippen molar-refractivity contribution in [3.05, 3.63) is 53.6 Å². The highest BCUT2D eigenvalue weighted by molar-refractivity contribution is 7.93. The Hall–Kier alpha value is -2.00. The van der Waals surface area contributed by atoms with E-state index in [0.717, 1.165) is 30.3 Å². The monoisotopic (exact) mass is 375 g/mol. The van der Waals surface area contributed by atoms with E-state index >= 15 is 0 Å². The van der Waals surface area contributed by atoms with Crippen LogP contribution in [0.3, 0.4) is 0 Å². The molecule has 0 fully saturated rings. The van der Waals surface area contributed by atoms with Crippen molar-refractivity contribution < 1.29 is 25.6 Å². The zero-order valence-electron chi connectivity index (χ0n) is 12.9. The van der Waals surface area contributed by atoms with Gasteiger partial charge in [0.05, 0.1) is 16.3 Å². The van der Waals surface area contributed by atoms with Gasteiger partial charge in [-0.1, -0.05) is 13.0 Å². The highest BCUT2D eigenvalue weighted by Crippen LogP contribution is 2.27. The van der Waals surface area contributed by atoms with Crippen LogP contribution in [0.1, 0.15) is 12.5 Å². The maximum absolute atomic E-state index is 13.9. The predicted octanol–water partition coefficient (Wildman–Crippen LogP) is 2.87. The molecule has 0 bridgehead atoms. The zero-order chi connectivity index (χ0) is 18.1. The molecular formula is C15H15F2NO4S2. The van der Waals surface area contributed by atoms with E-state index in [9.17, 15) is 25.6 Å². The molecule has 0 heterocycles. The van der Waals surface area contributed by atoms with Gasteiger partial charge in [0.2, 0.25) is 0 Å². The summed E-state index contributed by atoms with van der Waals surface area (Å²) in [5, 5.41) is 0. The van der Waals surface area contributed by atoms with Crippen LogP contribution in [-0.2, 0) is 19.9 Å². The van der Waals surface area contributed by atoms with Crippen LogP contribution in [0.2, 0.25) is 0 Å². The van der Waals surface area contributed by atoms with Gasteiger partial charge in [-0.25, -0.2) is 25.6 Å². The van der Waals surface area contributed by atoms with Crippen LogP contribution in [0.25, 0.3) is 0 Å². The lowest BCUT2D eigenvalue weighted by atomic mass is 10.2. The van der Waals surface area contributed by atoms with Gasteiger partial charge < -0.3 is 0 Å². The minimum absolute atomic E-state index is 0.335. The molecule has 0 aromatic heterocycles. The second-order valence-corrected chi connectivity index (χ2v) is 8.98. The second-order valence-electron chi connectivity index (χ2n) is 5.08. The van der Waals surface area contributed by atoms with Gasteiger partial charge in [0.1, 0.15) is 16.5 Å². The fourth-order valence-electron chi connectivity index (χ4n) is 2.02. The average Bonchev–Trinajstić information content (AvgIpc) is 2.48. The van der Waals surface area contributed by atoms with Crippen LogP contribution in [0, 0.1) is 18.6 Å². The molecule has 0 aliphatic heterocycles. The van der Waals surface area contributed by atoms with Gasteiger partial charge >= 0.3 is 0 Å². The van der Waals surface area contributed by atoms with Gasteiger partial charge in [0, 0.05) is 0 Å². The number of aryl methyl sites for hydroxylation is 1. The van der Waals surface area contributed by atoms with Gasteiger partial charge in [-0.15, -0.1) is 0 Å². The summed E-state index contributed by atoms with van der Waals surface area (Å²) in [6.07, 6.45) is 0. The Kier molecular flexibility index (Phi) is 4.95. The standard InChI is InChI=1S/C15H15F2NO4S2/c1-3-23(19,20)15-9-11(16)5-6-13(15)18-24(21,22)14-7-4-10(2)8-12(14)17/h4-9,18H,3H2,1-2H3. The Morgan fingerprint density at radius 2 is 1.62 bits per heavy atom. The highest BCUT2D eigenvalue weighted by atomic mass is 32.2. The Balaban J connectivity index is 2.55. The largest absolute Gasteiger partial charge is 0.278 e. The number of halogens is 2. The van der Waals surface area contributed by atoms with Crippen LogP contribution in [0.4, 0.5) is 14.5 Å². The third-order valence-corrected chi connectivity index (χ3v) is 6.45. The normalized spacial score (nSPS) is 12.2. The minimum Gasteiger partial charge on any atom is -0.278 e. The quantitative estimate of drug-likeness (QED) is 0.871. The van der Waals surface area contributed by atoms with Crippen LogP contribution in [0.15, 0.2) is 46.2 Å². The van der Waals surface area contributed by atoms with Crippen LogP contribution >= 0.6 is 0 Å². The first-order valence-electron chi connectivity index (χ1n) is 6.88. The lowest BCUT2D eigenvalue weighted by Crippen LogP contribution is -2.17. The molecule has 24 heavy (non-hydrogen) atoms. The van der Waals surface area contributed by atoms with Crippen LogP contribution in [-0.4, -0.2) is 22.6 Å². The number of sulfone groups is 1. The number of sulfonamides is 1. The number of nitrogens with one attached hydrogen (secondary N) is 1. The predicted molar refractivity (Wildman–Crippen MR) is 86.1 cm³/mol. The van der Waals surface area contributed by atoms with E-state index in [-0.39, 0.29) is 11.4 Å². The van der Waals surface area contributed by atoms with E-state index in [1.54, 1.807) is 6.92 Å². The number of anilines is 1. The maximum Gasteiger partial charge on any atom is 0.264 e. The fourth-order valence-corrected chi connectivity index (χ4v) is 4.28. The first-order valence-corrected chi connectivity index (χ1v) is 10.0. The van der Waals surface area contributed by atoms with Gasteiger partial charge in [0.25, 0.3) is 10.0 Å². The van der Waals surface area contributed by atoms with Gasteiger partial charge in [0.15, 0.2) is 9.84 Å². The smallest absolute Gasteiger partial charge is 0.264 e. The molecular weight excluding hydrogens is 360 g/mol. The number of hydrogen-bond donors (Lipinski definition) is 1. The summed E-state index contributed by atoms with van der Waals surface area (Å²) in [5.41, 5.74) is 0.195. The number of rotatable bonds is 5. The molecule has 0 amide bonds. The third kappa shape index (κ3) is 3.73. The molecule has 0 saturated heterocycles. The molecule has 2 aromatic carbocycles. The lowest BCUT2D eigenvalue weighted by Gasteiger charge is -2.13. The molecule has 2 rings (SSSR count). The van der Waals surface area contributed by atoms with Crippen LogP contribution in [0.5, 0.6) is 0 Å². The van der Waals surface area contributed by atoms with E-state index in [2.05, 4.69) is 0 Å². The molecule has 0 unspecified atom stereocenters. The Bertz CT molecular complexity index is 987. The van der Waals surface area contributed by atoms with Crippen LogP contribution < -0.4 is 4.72 Å². The van der Waals surface area contributed by atoms with Crippen molar-refractivity contribution in [1.29, 1.82) is 0 Å². The SMILES string of the molecule is CCS(=O)(=O)c1cc(F)ccc1NS(=O)(=O)c1ccc(C)cc1F. The minimum atomic E-state index is -4.38. The molecule has 130 valence electrons. The molecule has 0 spiro atoms. The Labute approximate surface area is 139 Å². The first kappa shape index (κ1) is 18.3. The number of hydrogen-bond acceptors (Lipinski definition) is 4. The van der Waals surface area contributed by atoms with Crippen molar-refractivity contribution in [2.75, 3.05) is 10.5 Å². The summed E-state index contributed by atoms with van der Waals surface area (Å²) in [6, 6.07) is 6.15. The van der Waals surface area contributed by atoms with E-state index < -0.39 is 41.3 Å². The van der Waals surface area contributed by atoms with Crippen molar-refractivity contribution in [2.45, 2.75) is 23.6 Å². The van der Waals surface area contributed by atoms with E-state index in [4.69, 9.17) is 0 Å². The third-order valence-electron chi connectivity index (χ3n) is 3.28. The van der Waals surface area contributed by atoms with Crippen molar-refractivity contribution in [1.82, 2.24) is 0 Å². The van der Waals surface area contributed by atoms with Gasteiger partial charge in [-0.05, 0) is 42.8 Å². The van der Waals surface area contributed by atoms with E-state index in [1.807, 2.05) is 4.72 Å². The van der Waals surface area contributed by atoms with Gasteiger partial charge in [-0.2, -0.15) is 0 Å². The summed E-state index contributed by atoms with van der Waals surface area (Å²) in [5.74, 6) is -2.14. The molecule has 2 aromatic rings. The molecule has 0 aliphatic carbocycles. The first-order chi connectivity index (χ1) is 11.1. The molecule has 0 saturated carbocycles. The molecule has 1 N–H and O–H groups in total. The lowest BCUT2D eigenvalue weighted by molar-refractivity contribution is 0.569. The summed E-state index contributed by atoms with van der Waals surface area (Å²) in [6.45, 7) is 2.94. The highest BCUT2D eigenvalue weighted by Gasteiger charge is 2.24. The molecule has 9 heteroatoms. The summed E-state index contributed by atoms with van der Waals surface area (Å²) in [4.78, 5) is -1.13. The molecule has 5 nitrogen and oxygen atoms in total. The van der Waals surface area contributed by atoms with Crippen molar-refractivity contribution in [3.8, 4) is 0 Å².